The van der Waals surface area contributed by atoms with Gasteiger partial charge in [0.2, 0.25) is 0 Å². The first-order valence-electron chi connectivity index (χ1n) is 16.7. The van der Waals surface area contributed by atoms with E-state index in [-0.39, 0.29) is 0 Å². The highest BCUT2D eigenvalue weighted by molar-refractivity contribution is 5.69. The fourth-order valence-electron chi connectivity index (χ4n) is 10.1. The molecule has 0 aliphatic heterocycles. The van der Waals surface area contributed by atoms with Crippen LogP contribution in [0.15, 0.2) is 18.2 Å². The van der Waals surface area contributed by atoms with Gasteiger partial charge in [0.25, 0.3) is 0 Å². The third-order valence-electron chi connectivity index (χ3n) is 12.6. The zero-order valence-electron chi connectivity index (χ0n) is 26.6. The van der Waals surface area contributed by atoms with Crippen LogP contribution < -0.4 is 9.47 Å². The number of benzene rings is 1. The maximum atomic E-state index is 10.4. The lowest BCUT2D eigenvalue weighted by atomic mass is 9.46. The van der Waals surface area contributed by atoms with Crippen LogP contribution >= 0.6 is 0 Å². The van der Waals surface area contributed by atoms with Crippen molar-refractivity contribution in [3.63, 3.8) is 0 Å². The number of carboxylic acids is 2. The Labute approximate surface area is 252 Å². The quantitative estimate of drug-likeness (QED) is 0.337. The maximum Gasteiger partial charge on any atom is 0.341 e. The molecule has 0 atom stereocenters. The van der Waals surface area contributed by atoms with Gasteiger partial charge in [-0.3, -0.25) is 0 Å². The molecule has 9 rings (SSSR count). The Morgan fingerprint density at radius 1 is 0.619 bits per heavy atom. The summed E-state index contributed by atoms with van der Waals surface area (Å²) < 4.78 is 10.1. The number of aryl methyl sites for hydroxylation is 1. The number of aliphatic carboxylic acids is 2. The summed E-state index contributed by atoms with van der Waals surface area (Å²) >= 11 is 0. The summed E-state index contributed by atoms with van der Waals surface area (Å²) in [5.41, 5.74) is 2.28. The SMILES string of the molecule is CC1(C)C2CC3CC(C2)CC1C3.CC1(C)C2CC3CC(C2)CC1C3.CCc1cc(OCC(=O)O)cc(OCC(=O)O)c1. The number of hydrogen-bond acceptors (Lipinski definition) is 4. The molecule has 8 fully saturated rings. The van der Waals surface area contributed by atoms with Crippen LogP contribution in [-0.2, 0) is 16.0 Å². The third kappa shape index (κ3) is 6.94. The summed E-state index contributed by atoms with van der Waals surface area (Å²) in [5, 5.41) is 17.0. The summed E-state index contributed by atoms with van der Waals surface area (Å²) in [6.07, 6.45) is 16.4. The van der Waals surface area contributed by atoms with Crippen LogP contribution in [0.2, 0.25) is 0 Å². The van der Waals surface area contributed by atoms with E-state index in [0.717, 1.165) is 52.9 Å². The van der Waals surface area contributed by atoms with Crippen molar-refractivity contribution in [2.45, 2.75) is 105 Å². The van der Waals surface area contributed by atoms with E-state index in [1.807, 2.05) is 6.92 Å². The molecule has 8 saturated carbocycles. The van der Waals surface area contributed by atoms with Gasteiger partial charge in [0.05, 0.1) is 0 Å². The van der Waals surface area contributed by atoms with Crippen molar-refractivity contribution in [1.29, 1.82) is 0 Å². The van der Waals surface area contributed by atoms with Crippen molar-refractivity contribution in [2.75, 3.05) is 13.2 Å². The lowest BCUT2D eigenvalue weighted by Crippen LogP contribution is -2.49. The zero-order valence-corrected chi connectivity index (χ0v) is 26.6. The molecule has 6 nitrogen and oxygen atoms in total. The van der Waals surface area contributed by atoms with E-state index in [1.165, 1.54) is 6.07 Å². The summed E-state index contributed by atoms with van der Waals surface area (Å²) in [7, 11) is 0. The molecule has 0 spiro atoms. The minimum Gasteiger partial charge on any atom is -0.482 e. The molecule has 8 aliphatic rings. The molecule has 0 saturated heterocycles. The van der Waals surface area contributed by atoms with E-state index >= 15 is 0 Å². The van der Waals surface area contributed by atoms with Gasteiger partial charge in [-0.15, -0.1) is 0 Å². The van der Waals surface area contributed by atoms with Gasteiger partial charge < -0.3 is 19.7 Å². The van der Waals surface area contributed by atoms with E-state index in [4.69, 9.17) is 19.7 Å². The Balaban J connectivity index is 0.000000129. The molecule has 2 N–H and O–H groups in total. The Hall–Kier alpha value is -2.24. The van der Waals surface area contributed by atoms with E-state index in [1.54, 1.807) is 76.3 Å². The summed E-state index contributed by atoms with van der Waals surface area (Å²) in [6, 6.07) is 4.85. The van der Waals surface area contributed by atoms with Crippen molar-refractivity contribution < 1.29 is 29.3 Å². The number of ether oxygens (including phenoxy) is 2. The predicted molar refractivity (Wildman–Crippen MR) is 164 cm³/mol. The molecule has 1 aromatic rings. The highest BCUT2D eigenvalue weighted by atomic mass is 16.5. The van der Waals surface area contributed by atoms with Gasteiger partial charge in [0.1, 0.15) is 11.5 Å². The van der Waals surface area contributed by atoms with Crippen LogP contribution in [-0.4, -0.2) is 35.4 Å². The van der Waals surface area contributed by atoms with Crippen LogP contribution in [0.3, 0.4) is 0 Å². The molecule has 6 heteroatoms. The fraction of sp³-hybridized carbons (Fsp3) is 0.778. The number of rotatable bonds is 7. The van der Waals surface area contributed by atoms with Crippen molar-refractivity contribution >= 4 is 11.9 Å². The van der Waals surface area contributed by atoms with Crippen molar-refractivity contribution in [3.05, 3.63) is 23.8 Å². The molecule has 0 unspecified atom stereocenters. The molecule has 234 valence electrons. The maximum absolute atomic E-state index is 10.4. The number of carbonyl (C=O) groups is 2. The average molecular weight is 583 g/mol. The predicted octanol–water partition coefficient (Wildman–Crippen LogP) is 8.11. The molecule has 0 amide bonds. The van der Waals surface area contributed by atoms with E-state index in [0.29, 0.717) is 28.7 Å². The summed E-state index contributed by atoms with van der Waals surface area (Å²) in [4.78, 5) is 20.8. The van der Waals surface area contributed by atoms with Gasteiger partial charge in [0.15, 0.2) is 13.2 Å². The smallest absolute Gasteiger partial charge is 0.341 e. The van der Waals surface area contributed by atoms with Crippen LogP contribution in [0.1, 0.15) is 104 Å². The van der Waals surface area contributed by atoms with Gasteiger partial charge in [0, 0.05) is 6.07 Å². The van der Waals surface area contributed by atoms with Gasteiger partial charge in [-0.25, -0.2) is 9.59 Å². The molecular formula is C36H54O6. The molecule has 42 heavy (non-hydrogen) atoms. The second kappa shape index (κ2) is 12.4. The minimum atomic E-state index is -1.08. The molecule has 0 aromatic heterocycles. The van der Waals surface area contributed by atoms with Gasteiger partial charge >= 0.3 is 11.9 Å². The van der Waals surface area contributed by atoms with Crippen molar-refractivity contribution in [2.24, 2.45) is 58.2 Å². The molecule has 8 aliphatic carbocycles. The van der Waals surface area contributed by atoms with Crippen molar-refractivity contribution in [1.82, 2.24) is 0 Å². The number of hydrogen-bond donors (Lipinski definition) is 2. The second-order valence-corrected chi connectivity index (χ2v) is 15.8. The normalized spacial score (nSPS) is 35.4. The first-order valence-corrected chi connectivity index (χ1v) is 16.7. The Morgan fingerprint density at radius 2 is 0.929 bits per heavy atom. The molecular weight excluding hydrogens is 528 g/mol. The van der Waals surface area contributed by atoms with E-state index in [2.05, 4.69) is 27.7 Å². The van der Waals surface area contributed by atoms with Crippen LogP contribution in [0.25, 0.3) is 0 Å². The Bertz CT molecular complexity index is 978. The average Bonchev–Trinajstić information content (AvgIpc) is 2.92. The summed E-state index contributed by atoms with van der Waals surface area (Å²) in [5.74, 6) is 7.45. The first kappa shape index (κ1) is 31.2. The summed E-state index contributed by atoms with van der Waals surface area (Å²) in [6.45, 7) is 11.1. The Morgan fingerprint density at radius 3 is 1.19 bits per heavy atom. The van der Waals surface area contributed by atoms with Gasteiger partial charge in [-0.05, 0) is 146 Å². The molecule has 0 radical (unpaired) electrons. The zero-order chi connectivity index (χ0) is 30.2. The lowest BCUT2D eigenvalue weighted by molar-refractivity contribution is -0.140. The minimum absolute atomic E-state index is 0.345. The molecule has 8 bridgehead atoms. The second-order valence-electron chi connectivity index (χ2n) is 15.8. The van der Waals surface area contributed by atoms with E-state index < -0.39 is 25.2 Å². The van der Waals surface area contributed by atoms with Gasteiger partial charge in [-0.2, -0.15) is 0 Å². The van der Waals surface area contributed by atoms with Crippen LogP contribution in [0.5, 0.6) is 11.5 Å². The van der Waals surface area contributed by atoms with Crippen LogP contribution in [0, 0.1) is 58.2 Å². The molecule has 1 aromatic carbocycles. The lowest BCUT2D eigenvalue weighted by Gasteiger charge is -2.59. The van der Waals surface area contributed by atoms with Gasteiger partial charge in [-0.1, -0.05) is 34.6 Å². The monoisotopic (exact) mass is 582 g/mol. The molecule has 0 heterocycles. The van der Waals surface area contributed by atoms with Crippen molar-refractivity contribution in [3.8, 4) is 11.5 Å². The first-order chi connectivity index (χ1) is 19.8. The largest absolute Gasteiger partial charge is 0.482 e. The topological polar surface area (TPSA) is 93.1 Å². The highest BCUT2D eigenvalue weighted by Gasteiger charge is 2.53. The van der Waals surface area contributed by atoms with Crippen LogP contribution in [0.4, 0.5) is 0 Å². The number of carboxylic acid groups (broad SMARTS) is 2. The van der Waals surface area contributed by atoms with E-state index in [9.17, 15) is 9.59 Å². The Kier molecular flexibility index (Phi) is 9.21. The standard InChI is InChI=1S/C12H14O6.2C12H20/c1-2-8-3-9(17-6-11(13)14)5-10(4-8)18-7-12(15)16;2*1-12(2)10-4-8-3-9(6-10)7-11(12)5-8/h3-5H,2,6-7H2,1H3,(H,13,14)(H,15,16);2*8-11H,3-7H2,1-2H3. The third-order valence-corrected chi connectivity index (χ3v) is 12.6. The highest BCUT2D eigenvalue weighted by Crippen LogP contribution is 2.62. The fourth-order valence-corrected chi connectivity index (χ4v) is 10.1.